The lowest BCUT2D eigenvalue weighted by atomic mass is 10.1. The number of rotatable bonds is 2. The molecule has 0 atom stereocenters. The number of aryl methyl sites for hydroxylation is 1. The first-order valence-corrected chi connectivity index (χ1v) is 4.47. The molecule has 0 spiro atoms. The highest BCUT2D eigenvalue weighted by Gasteiger charge is 2.09. The second-order valence-corrected chi connectivity index (χ2v) is 2.93. The molecule has 0 radical (unpaired) electrons. The van der Waals surface area contributed by atoms with Crippen LogP contribution in [0.15, 0.2) is 24.8 Å². The molecule has 2 heterocycles. The van der Waals surface area contributed by atoms with Crippen LogP contribution in [-0.4, -0.2) is 30.2 Å². The summed E-state index contributed by atoms with van der Waals surface area (Å²) in [5.41, 5.74) is 1.76. The predicted molar refractivity (Wildman–Crippen MR) is 53.6 cm³/mol. The maximum absolute atomic E-state index is 4.13. The Balaban J connectivity index is 2.43. The Kier molecular flexibility index (Phi) is 2.49. The van der Waals surface area contributed by atoms with Gasteiger partial charge in [-0.3, -0.25) is 0 Å². The maximum atomic E-state index is 4.13. The molecule has 0 saturated carbocycles. The lowest BCUT2D eigenvalue weighted by molar-refractivity contribution is 0.629. The predicted octanol–water partition coefficient (Wildman–Crippen LogP) is 0.452. The van der Waals surface area contributed by atoms with Crippen molar-refractivity contribution in [2.45, 2.75) is 6.92 Å². The van der Waals surface area contributed by atoms with Crippen molar-refractivity contribution in [3.05, 3.63) is 36.2 Å². The molecule has 0 amide bonds. The lowest BCUT2D eigenvalue weighted by Gasteiger charge is -1.99. The Morgan fingerprint density at radius 1 is 1.33 bits per heavy atom. The molecule has 0 saturated heterocycles. The molecule has 0 aromatic carbocycles. The highest BCUT2D eigenvalue weighted by Crippen LogP contribution is 2.17. The molecule has 0 fully saturated rings. The molecule has 2 aromatic rings. The summed E-state index contributed by atoms with van der Waals surface area (Å²) in [5.74, 6) is 0.579. The summed E-state index contributed by atoms with van der Waals surface area (Å²) in [6.07, 6.45) is 6.84. The van der Waals surface area contributed by atoms with Crippen molar-refractivity contribution in [2.75, 3.05) is 0 Å². The summed E-state index contributed by atoms with van der Waals surface area (Å²) >= 11 is 0. The smallest absolute Gasteiger partial charge is 0.205 e. The molecule has 6 nitrogen and oxygen atoms in total. The number of tetrazole rings is 1. The minimum atomic E-state index is 0.579. The quantitative estimate of drug-likeness (QED) is 0.707. The SMILES string of the molecule is C/C=C(/c1cncnc1)c1nnn(C)n1. The topological polar surface area (TPSA) is 69.4 Å². The van der Waals surface area contributed by atoms with E-state index >= 15 is 0 Å². The molecular weight excluding hydrogens is 192 g/mol. The number of nitrogens with zero attached hydrogens (tertiary/aromatic N) is 6. The molecule has 2 rings (SSSR count). The van der Waals surface area contributed by atoms with Gasteiger partial charge in [-0.2, -0.15) is 4.80 Å². The number of aromatic nitrogens is 6. The fraction of sp³-hybridized carbons (Fsp3) is 0.222. The van der Waals surface area contributed by atoms with Gasteiger partial charge in [0, 0.05) is 23.5 Å². The zero-order valence-electron chi connectivity index (χ0n) is 8.49. The number of allylic oxidation sites excluding steroid dienone is 1. The van der Waals surface area contributed by atoms with E-state index < -0.39 is 0 Å². The number of hydrogen-bond donors (Lipinski definition) is 0. The molecule has 76 valence electrons. The normalized spacial score (nSPS) is 11.7. The van der Waals surface area contributed by atoms with E-state index in [0.29, 0.717) is 5.82 Å². The van der Waals surface area contributed by atoms with Gasteiger partial charge in [-0.05, 0) is 12.1 Å². The van der Waals surface area contributed by atoms with Crippen molar-refractivity contribution in [3.63, 3.8) is 0 Å². The first-order chi connectivity index (χ1) is 7.31. The first-order valence-electron chi connectivity index (χ1n) is 4.47. The zero-order chi connectivity index (χ0) is 10.7. The summed E-state index contributed by atoms with van der Waals surface area (Å²) in [6, 6.07) is 0. The van der Waals surface area contributed by atoms with Crippen LogP contribution in [0.5, 0.6) is 0 Å². The molecule has 0 unspecified atom stereocenters. The summed E-state index contributed by atoms with van der Waals surface area (Å²) in [7, 11) is 1.73. The fourth-order valence-corrected chi connectivity index (χ4v) is 1.25. The average molecular weight is 202 g/mol. The van der Waals surface area contributed by atoms with E-state index in [1.165, 1.54) is 11.1 Å². The molecule has 0 aliphatic heterocycles. The largest absolute Gasteiger partial charge is 0.244 e. The van der Waals surface area contributed by atoms with E-state index in [0.717, 1.165) is 11.1 Å². The van der Waals surface area contributed by atoms with Crippen LogP contribution in [0.2, 0.25) is 0 Å². The number of hydrogen-bond acceptors (Lipinski definition) is 5. The van der Waals surface area contributed by atoms with Crippen molar-refractivity contribution in [2.24, 2.45) is 7.05 Å². The summed E-state index contributed by atoms with van der Waals surface area (Å²) < 4.78 is 0. The highest BCUT2D eigenvalue weighted by atomic mass is 15.6. The van der Waals surface area contributed by atoms with Gasteiger partial charge in [-0.15, -0.1) is 10.2 Å². The van der Waals surface area contributed by atoms with Crippen LogP contribution in [0.25, 0.3) is 5.57 Å². The molecule has 0 bridgehead atoms. The zero-order valence-corrected chi connectivity index (χ0v) is 8.49. The van der Waals surface area contributed by atoms with Crippen molar-refractivity contribution < 1.29 is 0 Å². The molecule has 0 aliphatic rings. The highest BCUT2D eigenvalue weighted by molar-refractivity contribution is 5.74. The van der Waals surface area contributed by atoms with Gasteiger partial charge in [0.05, 0.1) is 7.05 Å². The van der Waals surface area contributed by atoms with Crippen molar-refractivity contribution >= 4 is 5.57 Å². The molecule has 15 heavy (non-hydrogen) atoms. The van der Waals surface area contributed by atoms with E-state index in [4.69, 9.17) is 0 Å². The fourth-order valence-electron chi connectivity index (χ4n) is 1.25. The second kappa shape index (κ2) is 3.95. The van der Waals surface area contributed by atoms with Crippen molar-refractivity contribution in [3.8, 4) is 0 Å². The summed E-state index contributed by atoms with van der Waals surface area (Å²) in [5, 5.41) is 11.9. The third kappa shape index (κ3) is 1.88. The molecular formula is C9H10N6. The van der Waals surface area contributed by atoms with Gasteiger partial charge in [0.25, 0.3) is 0 Å². The van der Waals surface area contributed by atoms with Crippen molar-refractivity contribution in [1.82, 2.24) is 30.2 Å². The van der Waals surface area contributed by atoms with Gasteiger partial charge >= 0.3 is 0 Å². The summed E-state index contributed by atoms with van der Waals surface area (Å²) in [6.45, 7) is 1.92. The minimum absolute atomic E-state index is 0.579. The van der Waals surface area contributed by atoms with Gasteiger partial charge in [0.15, 0.2) is 0 Å². The Morgan fingerprint density at radius 3 is 2.60 bits per heavy atom. The van der Waals surface area contributed by atoms with Crippen LogP contribution < -0.4 is 0 Å². The van der Waals surface area contributed by atoms with Crippen LogP contribution in [0.1, 0.15) is 18.3 Å². The van der Waals surface area contributed by atoms with Crippen LogP contribution in [0.3, 0.4) is 0 Å². The van der Waals surface area contributed by atoms with Crippen molar-refractivity contribution in [1.29, 1.82) is 0 Å². The monoisotopic (exact) mass is 202 g/mol. The first kappa shape index (κ1) is 9.45. The Hall–Kier alpha value is -2.11. The molecule has 2 aromatic heterocycles. The third-order valence-electron chi connectivity index (χ3n) is 1.91. The Bertz CT molecular complexity index is 472. The van der Waals surface area contributed by atoms with E-state index in [-0.39, 0.29) is 0 Å². The second-order valence-electron chi connectivity index (χ2n) is 2.93. The third-order valence-corrected chi connectivity index (χ3v) is 1.91. The average Bonchev–Trinajstić information content (AvgIpc) is 2.68. The van der Waals surface area contributed by atoms with Gasteiger partial charge < -0.3 is 0 Å². The van der Waals surface area contributed by atoms with Crippen LogP contribution in [-0.2, 0) is 7.05 Å². The Morgan fingerprint density at radius 2 is 2.07 bits per heavy atom. The van der Waals surface area contributed by atoms with Gasteiger partial charge in [-0.25, -0.2) is 9.97 Å². The molecule has 0 N–H and O–H groups in total. The van der Waals surface area contributed by atoms with Gasteiger partial charge in [0.2, 0.25) is 5.82 Å². The Labute approximate surface area is 86.7 Å². The van der Waals surface area contributed by atoms with Crippen LogP contribution >= 0.6 is 0 Å². The molecule has 0 aliphatic carbocycles. The van der Waals surface area contributed by atoms with E-state index in [2.05, 4.69) is 25.4 Å². The standard InChI is InChI=1S/C9H10N6/c1-3-8(7-4-10-6-11-5-7)9-12-14-15(2)13-9/h3-6H,1-2H3/b8-3-. The summed E-state index contributed by atoms with van der Waals surface area (Å²) in [4.78, 5) is 9.32. The maximum Gasteiger partial charge on any atom is 0.205 e. The van der Waals surface area contributed by atoms with Gasteiger partial charge in [-0.1, -0.05) is 6.08 Å². The molecule has 6 heteroatoms. The van der Waals surface area contributed by atoms with Gasteiger partial charge in [0.1, 0.15) is 6.33 Å². The minimum Gasteiger partial charge on any atom is -0.244 e. The van der Waals surface area contributed by atoms with Crippen LogP contribution in [0.4, 0.5) is 0 Å². The van der Waals surface area contributed by atoms with E-state index in [1.54, 1.807) is 19.4 Å². The van der Waals surface area contributed by atoms with Crippen LogP contribution in [0, 0.1) is 0 Å². The lowest BCUT2D eigenvalue weighted by Crippen LogP contribution is -1.95. The van der Waals surface area contributed by atoms with E-state index in [9.17, 15) is 0 Å². The van der Waals surface area contributed by atoms with E-state index in [1.807, 2.05) is 13.0 Å².